The summed E-state index contributed by atoms with van der Waals surface area (Å²) < 4.78 is 0. The molecule has 0 spiro atoms. The monoisotopic (exact) mass is 233 g/mol. The third kappa shape index (κ3) is 3.83. The number of carbonyl (C=O) groups excluding carboxylic acids is 1. The van der Waals surface area contributed by atoms with E-state index < -0.39 is 18.0 Å². The Morgan fingerprint density at radius 1 is 1.35 bits per heavy atom. The van der Waals surface area contributed by atoms with Gasteiger partial charge in [0, 0.05) is 5.69 Å². The van der Waals surface area contributed by atoms with Crippen molar-refractivity contribution >= 4 is 17.7 Å². The van der Waals surface area contributed by atoms with Crippen LogP contribution in [0.2, 0.25) is 0 Å². The van der Waals surface area contributed by atoms with Crippen molar-refractivity contribution in [1.29, 1.82) is 5.26 Å². The number of nitrogens with one attached hydrogen (secondary N) is 2. The highest BCUT2D eigenvalue weighted by atomic mass is 16.4. The minimum Gasteiger partial charge on any atom is -0.480 e. The molecule has 17 heavy (non-hydrogen) atoms. The Morgan fingerprint density at radius 2 is 1.94 bits per heavy atom. The minimum atomic E-state index is -1.11. The van der Waals surface area contributed by atoms with Crippen LogP contribution in [0.3, 0.4) is 0 Å². The Morgan fingerprint density at radius 3 is 2.41 bits per heavy atom. The van der Waals surface area contributed by atoms with Crippen LogP contribution in [0.25, 0.3) is 0 Å². The number of rotatable bonds is 3. The van der Waals surface area contributed by atoms with Crippen LogP contribution >= 0.6 is 0 Å². The molecule has 0 unspecified atom stereocenters. The number of benzene rings is 1. The number of carbonyl (C=O) groups is 2. The molecule has 0 aliphatic heterocycles. The summed E-state index contributed by atoms with van der Waals surface area (Å²) in [5.41, 5.74) is 0.967. The van der Waals surface area contributed by atoms with E-state index in [1.165, 1.54) is 6.92 Å². The molecule has 6 heteroatoms. The number of carboxylic acids is 1. The lowest BCUT2D eigenvalue weighted by atomic mass is 10.2. The fourth-order valence-electron chi connectivity index (χ4n) is 1.05. The number of carboxylic acid groups (broad SMARTS) is 1. The molecule has 2 amide bonds. The zero-order chi connectivity index (χ0) is 12.8. The Kier molecular flexibility index (Phi) is 4.06. The van der Waals surface area contributed by atoms with Crippen LogP contribution < -0.4 is 10.6 Å². The molecule has 0 radical (unpaired) electrons. The molecule has 3 N–H and O–H groups in total. The fourth-order valence-corrected chi connectivity index (χ4v) is 1.05. The molecule has 0 aromatic heterocycles. The molecular formula is C11H11N3O3. The third-order valence-electron chi connectivity index (χ3n) is 1.99. The maximum Gasteiger partial charge on any atom is 0.325 e. The molecule has 88 valence electrons. The predicted octanol–water partition coefficient (Wildman–Crippen LogP) is 1.15. The number of nitriles is 1. The van der Waals surface area contributed by atoms with E-state index in [4.69, 9.17) is 10.4 Å². The van der Waals surface area contributed by atoms with E-state index in [1.807, 2.05) is 6.07 Å². The van der Waals surface area contributed by atoms with E-state index in [9.17, 15) is 9.59 Å². The number of nitrogens with zero attached hydrogens (tertiary/aromatic N) is 1. The Balaban J connectivity index is 2.56. The number of amides is 2. The average Bonchev–Trinajstić information content (AvgIpc) is 2.29. The predicted molar refractivity (Wildman–Crippen MR) is 60.4 cm³/mol. The van der Waals surface area contributed by atoms with E-state index in [0.717, 1.165) is 0 Å². The molecule has 1 aromatic carbocycles. The van der Waals surface area contributed by atoms with Gasteiger partial charge < -0.3 is 15.7 Å². The quantitative estimate of drug-likeness (QED) is 0.728. The van der Waals surface area contributed by atoms with Crippen molar-refractivity contribution in [3.8, 4) is 6.07 Å². The lowest BCUT2D eigenvalue weighted by Crippen LogP contribution is -2.40. The second-order valence-corrected chi connectivity index (χ2v) is 3.35. The molecule has 0 fully saturated rings. The molecule has 0 aliphatic rings. The molecule has 1 rings (SSSR count). The SMILES string of the molecule is C[C@@H](NC(=O)Nc1ccc(C#N)cc1)C(=O)O. The average molecular weight is 233 g/mol. The normalized spacial score (nSPS) is 11.1. The molecule has 6 nitrogen and oxygen atoms in total. The first kappa shape index (κ1) is 12.5. The third-order valence-corrected chi connectivity index (χ3v) is 1.99. The zero-order valence-electron chi connectivity index (χ0n) is 9.10. The topological polar surface area (TPSA) is 102 Å². The van der Waals surface area contributed by atoms with Gasteiger partial charge in [-0.3, -0.25) is 4.79 Å². The van der Waals surface area contributed by atoms with Crippen LogP contribution in [-0.2, 0) is 4.79 Å². The standard InChI is InChI=1S/C11H11N3O3/c1-7(10(15)16)13-11(17)14-9-4-2-8(6-12)3-5-9/h2-5,7H,1H3,(H,15,16)(H2,13,14,17)/t7-/m1/s1. The van der Waals surface area contributed by atoms with Crippen molar-refractivity contribution in [1.82, 2.24) is 5.32 Å². The summed E-state index contributed by atoms with van der Waals surface area (Å²) in [6, 6.07) is 6.60. The molecule has 0 bridgehead atoms. The highest BCUT2D eigenvalue weighted by Crippen LogP contribution is 2.08. The molecule has 1 atom stereocenters. The maximum atomic E-state index is 11.3. The highest BCUT2D eigenvalue weighted by Gasteiger charge is 2.13. The van der Waals surface area contributed by atoms with E-state index >= 15 is 0 Å². The van der Waals surface area contributed by atoms with Crippen molar-refractivity contribution in [2.45, 2.75) is 13.0 Å². The Bertz CT molecular complexity index is 462. The zero-order valence-corrected chi connectivity index (χ0v) is 9.10. The first-order valence-electron chi connectivity index (χ1n) is 4.83. The van der Waals surface area contributed by atoms with E-state index in [1.54, 1.807) is 24.3 Å². The summed E-state index contributed by atoms with van der Waals surface area (Å²) in [6.45, 7) is 1.36. The summed E-state index contributed by atoms with van der Waals surface area (Å²) >= 11 is 0. The van der Waals surface area contributed by atoms with Gasteiger partial charge in [0.2, 0.25) is 0 Å². The van der Waals surface area contributed by atoms with Gasteiger partial charge in [0.25, 0.3) is 0 Å². The highest BCUT2D eigenvalue weighted by molar-refractivity contribution is 5.92. The first-order chi connectivity index (χ1) is 8.02. The first-order valence-corrected chi connectivity index (χ1v) is 4.83. The molecule has 0 heterocycles. The van der Waals surface area contributed by atoms with Crippen molar-refractivity contribution in [2.24, 2.45) is 0 Å². The summed E-state index contributed by atoms with van der Waals surface area (Å²) in [5, 5.41) is 21.9. The van der Waals surface area contributed by atoms with E-state index in [0.29, 0.717) is 11.3 Å². The summed E-state index contributed by atoms with van der Waals surface area (Å²) in [5.74, 6) is -1.11. The lowest BCUT2D eigenvalue weighted by molar-refractivity contribution is -0.138. The molecule has 0 aliphatic carbocycles. The van der Waals surface area contributed by atoms with Crippen LogP contribution in [0.15, 0.2) is 24.3 Å². The van der Waals surface area contributed by atoms with Crippen LogP contribution in [0.1, 0.15) is 12.5 Å². The Hall–Kier alpha value is -2.55. The maximum absolute atomic E-state index is 11.3. The van der Waals surface area contributed by atoms with Gasteiger partial charge in [0.05, 0.1) is 11.6 Å². The van der Waals surface area contributed by atoms with Crippen LogP contribution in [-0.4, -0.2) is 23.1 Å². The van der Waals surface area contributed by atoms with E-state index in [2.05, 4.69) is 10.6 Å². The van der Waals surface area contributed by atoms with Crippen LogP contribution in [0.4, 0.5) is 10.5 Å². The summed E-state index contributed by atoms with van der Waals surface area (Å²) in [7, 11) is 0. The largest absolute Gasteiger partial charge is 0.480 e. The lowest BCUT2D eigenvalue weighted by Gasteiger charge is -2.10. The Labute approximate surface area is 97.9 Å². The minimum absolute atomic E-state index is 0.481. The van der Waals surface area contributed by atoms with Crippen LogP contribution in [0, 0.1) is 11.3 Å². The number of hydrogen-bond acceptors (Lipinski definition) is 3. The number of hydrogen-bond donors (Lipinski definition) is 3. The molecule has 0 saturated heterocycles. The van der Waals surface area contributed by atoms with Gasteiger partial charge in [-0.05, 0) is 31.2 Å². The van der Waals surface area contributed by atoms with Gasteiger partial charge in [-0.1, -0.05) is 0 Å². The fraction of sp³-hybridized carbons (Fsp3) is 0.182. The summed E-state index contributed by atoms with van der Waals surface area (Å²) in [4.78, 5) is 21.8. The molecule has 0 saturated carbocycles. The van der Waals surface area contributed by atoms with Gasteiger partial charge in [-0.25, -0.2) is 4.79 Å². The second-order valence-electron chi connectivity index (χ2n) is 3.35. The van der Waals surface area contributed by atoms with Crippen molar-refractivity contribution in [3.63, 3.8) is 0 Å². The van der Waals surface area contributed by atoms with Gasteiger partial charge in [-0.15, -0.1) is 0 Å². The van der Waals surface area contributed by atoms with E-state index in [-0.39, 0.29) is 0 Å². The van der Waals surface area contributed by atoms with Crippen molar-refractivity contribution in [3.05, 3.63) is 29.8 Å². The number of urea groups is 1. The van der Waals surface area contributed by atoms with Crippen LogP contribution in [0.5, 0.6) is 0 Å². The van der Waals surface area contributed by atoms with Crippen molar-refractivity contribution in [2.75, 3.05) is 5.32 Å². The molecule has 1 aromatic rings. The number of anilines is 1. The molecular weight excluding hydrogens is 222 g/mol. The van der Waals surface area contributed by atoms with Gasteiger partial charge in [-0.2, -0.15) is 5.26 Å². The van der Waals surface area contributed by atoms with Gasteiger partial charge >= 0.3 is 12.0 Å². The smallest absolute Gasteiger partial charge is 0.325 e. The number of aliphatic carboxylic acids is 1. The van der Waals surface area contributed by atoms with Gasteiger partial charge in [0.15, 0.2) is 0 Å². The second kappa shape index (κ2) is 5.51. The van der Waals surface area contributed by atoms with Gasteiger partial charge in [0.1, 0.15) is 6.04 Å². The summed E-state index contributed by atoms with van der Waals surface area (Å²) in [6.07, 6.45) is 0. The van der Waals surface area contributed by atoms with Crippen molar-refractivity contribution < 1.29 is 14.7 Å².